The Hall–Kier alpha value is -0.770. The van der Waals surface area contributed by atoms with Gasteiger partial charge in [0.2, 0.25) is 0 Å². The minimum atomic E-state index is 0.0604. The van der Waals surface area contributed by atoms with Crippen molar-refractivity contribution in [2.45, 2.75) is 63.2 Å². The van der Waals surface area contributed by atoms with Crippen molar-refractivity contribution >= 4 is 11.6 Å². The van der Waals surface area contributed by atoms with E-state index in [4.69, 9.17) is 26.8 Å². The monoisotopic (exact) mass is 309 g/mol. The molecule has 1 heterocycles. The van der Waals surface area contributed by atoms with E-state index in [0.717, 1.165) is 30.8 Å². The van der Waals surface area contributed by atoms with Crippen LogP contribution in [0.1, 0.15) is 50.5 Å². The van der Waals surface area contributed by atoms with E-state index in [1.165, 1.54) is 32.1 Å². The molecule has 1 atom stereocenters. The Labute approximate surface area is 131 Å². The lowest BCUT2D eigenvalue weighted by Gasteiger charge is -2.43. The van der Waals surface area contributed by atoms with Crippen LogP contribution < -0.4 is 10.5 Å². The first-order valence-corrected chi connectivity index (χ1v) is 8.38. The van der Waals surface area contributed by atoms with Crippen molar-refractivity contribution in [2.75, 3.05) is 6.61 Å². The molecule has 0 bridgehead atoms. The zero-order chi connectivity index (χ0) is 14.7. The van der Waals surface area contributed by atoms with Gasteiger partial charge in [-0.1, -0.05) is 36.9 Å². The second kappa shape index (κ2) is 6.55. The molecule has 1 spiro atoms. The number of ether oxygens (including phenoxy) is 2. The van der Waals surface area contributed by atoms with Crippen LogP contribution >= 0.6 is 11.6 Å². The summed E-state index contributed by atoms with van der Waals surface area (Å²) >= 11 is 6.29. The molecule has 1 saturated carbocycles. The second-order valence-electron chi connectivity index (χ2n) is 6.29. The Bertz CT molecular complexity index is 480. The maximum Gasteiger partial charge on any atom is 0.138 e. The van der Waals surface area contributed by atoms with Gasteiger partial charge >= 0.3 is 0 Å². The molecule has 2 N–H and O–H groups in total. The summed E-state index contributed by atoms with van der Waals surface area (Å²) in [5.74, 6) is 0.770. The van der Waals surface area contributed by atoms with Gasteiger partial charge in [-0.2, -0.15) is 0 Å². The van der Waals surface area contributed by atoms with Crippen LogP contribution in [0.15, 0.2) is 18.2 Å². The average Bonchev–Trinajstić information content (AvgIpc) is 2.50. The molecule has 4 heteroatoms. The molecule has 1 aromatic carbocycles. The first-order valence-electron chi connectivity index (χ1n) is 8.00. The van der Waals surface area contributed by atoms with Gasteiger partial charge < -0.3 is 15.2 Å². The highest BCUT2D eigenvalue weighted by molar-refractivity contribution is 6.32. The minimum Gasteiger partial charge on any atom is -0.489 e. The Kier molecular flexibility index (Phi) is 4.72. The van der Waals surface area contributed by atoms with E-state index in [-0.39, 0.29) is 11.7 Å². The first-order chi connectivity index (χ1) is 10.2. The van der Waals surface area contributed by atoms with Gasteiger partial charge in [-0.3, -0.25) is 0 Å². The van der Waals surface area contributed by atoms with Crippen LogP contribution in [0.4, 0.5) is 0 Å². The molecule has 2 aliphatic rings. The van der Waals surface area contributed by atoms with Crippen LogP contribution in [0.3, 0.4) is 0 Å². The molecule has 2 fully saturated rings. The molecule has 3 rings (SSSR count). The van der Waals surface area contributed by atoms with Crippen LogP contribution in [0.5, 0.6) is 5.75 Å². The van der Waals surface area contributed by atoms with Crippen molar-refractivity contribution in [3.63, 3.8) is 0 Å². The van der Waals surface area contributed by atoms with E-state index in [1.807, 2.05) is 18.2 Å². The van der Waals surface area contributed by atoms with Gasteiger partial charge in [-0.25, -0.2) is 0 Å². The molecule has 1 aliphatic heterocycles. The summed E-state index contributed by atoms with van der Waals surface area (Å²) in [4.78, 5) is 0. The molecule has 21 heavy (non-hydrogen) atoms. The Morgan fingerprint density at radius 2 is 2.10 bits per heavy atom. The summed E-state index contributed by atoms with van der Waals surface area (Å²) in [6.45, 7) is 1.30. The highest BCUT2D eigenvalue weighted by atomic mass is 35.5. The Balaban J connectivity index is 1.67. The van der Waals surface area contributed by atoms with Gasteiger partial charge in [0.25, 0.3) is 0 Å². The van der Waals surface area contributed by atoms with Crippen molar-refractivity contribution in [2.24, 2.45) is 5.73 Å². The van der Waals surface area contributed by atoms with E-state index < -0.39 is 0 Å². The first kappa shape index (κ1) is 15.1. The van der Waals surface area contributed by atoms with E-state index in [2.05, 4.69) is 0 Å². The summed E-state index contributed by atoms with van der Waals surface area (Å²) in [6.07, 6.45) is 8.37. The van der Waals surface area contributed by atoms with Crippen LogP contribution in [-0.2, 0) is 11.3 Å². The molecule has 1 unspecified atom stereocenters. The molecule has 1 aromatic rings. The van der Waals surface area contributed by atoms with E-state index in [1.54, 1.807) is 0 Å². The topological polar surface area (TPSA) is 44.5 Å². The molecule has 1 aliphatic carbocycles. The summed E-state index contributed by atoms with van der Waals surface area (Å²) < 4.78 is 12.3. The number of hydrogen-bond donors (Lipinski definition) is 1. The van der Waals surface area contributed by atoms with Crippen LogP contribution in [0, 0.1) is 0 Å². The number of benzene rings is 1. The maximum absolute atomic E-state index is 6.29. The highest BCUT2D eigenvalue weighted by Crippen LogP contribution is 2.40. The maximum atomic E-state index is 6.29. The van der Waals surface area contributed by atoms with Gasteiger partial charge in [0.05, 0.1) is 17.2 Å². The molecular formula is C17H24ClNO2. The molecule has 0 radical (unpaired) electrons. The molecule has 0 amide bonds. The standard InChI is InChI=1S/C17H24ClNO2/c18-15-10-13(12-19)4-5-16(15)21-14-6-9-20-17(11-14)7-2-1-3-8-17/h4-5,10,14H,1-3,6-9,11-12,19H2. The zero-order valence-corrected chi connectivity index (χ0v) is 13.2. The largest absolute Gasteiger partial charge is 0.489 e. The third-order valence-corrected chi connectivity index (χ3v) is 5.03. The summed E-state index contributed by atoms with van der Waals surface area (Å²) in [7, 11) is 0. The zero-order valence-electron chi connectivity index (χ0n) is 12.4. The van der Waals surface area contributed by atoms with Gasteiger partial charge in [0, 0.05) is 19.4 Å². The smallest absolute Gasteiger partial charge is 0.138 e. The summed E-state index contributed by atoms with van der Waals surface area (Å²) in [6, 6.07) is 5.82. The molecule has 116 valence electrons. The summed E-state index contributed by atoms with van der Waals surface area (Å²) in [5, 5.41) is 0.655. The van der Waals surface area contributed by atoms with Gasteiger partial charge in [-0.05, 0) is 30.5 Å². The Morgan fingerprint density at radius 1 is 1.29 bits per heavy atom. The van der Waals surface area contributed by atoms with Gasteiger partial charge in [0.15, 0.2) is 0 Å². The third kappa shape index (κ3) is 3.53. The van der Waals surface area contributed by atoms with E-state index in [0.29, 0.717) is 11.6 Å². The predicted octanol–water partition coefficient (Wildman–Crippen LogP) is 4.06. The van der Waals surface area contributed by atoms with Crippen molar-refractivity contribution in [1.82, 2.24) is 0 Å². The lowest BCUT2D eigenvalue weighted by molar-refractivity contribution is -0.129. The Morgan fingerprint density at radius 3 is 2.81 bits per heavy atom. The van der Waals surface area contributed by atoms with Crippen LogP contribution in [0.2, 0.25) is 5.02 Å². The van der Waals surface area contributed by atoms with Crippen LogP contribution in [-0.4, -0.2) is 18.3 Å². The number of hydrogen-bond acceptors (Lipinski definition) is 3. The molecule has 3 nitrogen and oxygen atoms in total. The van der Waals surface area contributed by atoms with Crippen LogP contribution in [0.25, 0.3) is 0 Å². The van der Waals surface area contributed by atoms with Crippen molar-refractivity contribution < 1.29 is 9.47 Å². The highest BCUT2D eigenvalue weighted by Gasteiger charge is 2.39. The lowest BCUT2D eigenvalue weighted by Crippen LogP contribution is -2.45. The number of halogens is 1. The number of nitrogens with two attached hydrogens (primary N) is 1. The van der Waals surface area contributed by atoms with Crippen molar-refractivity contribution in [1.29, 1.82) is 0 Å². The molecular weight excluding hydrogens is 286 g/mol. The molecule has 0 aromatic heterocycles. The second-order valence-corrected chi connectivity index (χ2v) is 6.70. The fraction of sp³-hybridized carbons (Fsp3) is 0.647. The molecule has 1 saturated heterocycles. The average molecular weight is 310 g/mol. The SMILES string of the molecule is NCc1ccc(OC2CCOC3(CCCCC3)C2)c(Cl)c1. The number of rotatable bonds is 3. The van der Waals surface area contributed by atoms with E-state index in [9.17, 15) is 0 Å². The normalized spacial score (nSPS) is 25.0. The van der Waals surface area contributed by atoms with Crippen molar-refractivity contribution in [3.8, 4) is 5.75 Å². The predicted molar refractivity (Wildman–Crippen MR) is 84.8 cm³/mol. The fourth-order valence-electron chi connectivity index (χ4n) is 3.57. The minimum absolute atomic E-state index is 0.0604. The van der Waals surface area contributed by atoms with Crippen molar-refractivity contribution in [3.05, 3.63) is 28.8 Å². The fourth-order valence-corrected chi connectivity index (χ4v) is 3.82. The summed E-state index contributed by atoms with van der Waals surface area (Å²) in [5.41, 5.74) is 6.72. The van der Waals surface area contributed by atoms with Gasteiger partial charge in [-0.15, -0.1) is 0 Å². The van der Waals surface area contributed by atoms with E-state index >= 15 is 0 Å². The van der Waals surface area contributed by atoms with Gasteiger partial charge in [0.1, 0.15) is 11.9 Å². The quantitative estimate of drug-likeness (QED) is 0.915. The third-order valence-electron chi connectivity index (χ3n) is 4.74. The lowest BCUT2D eigenvalue weighted by atomic mass is 9.79.